The lowest BCUT2D eigenvalue weighted by Crippen LogP contribution is -1.83. The number of rotatable bonds is 6. The van der Waals surface area contributed by atoms with Crippen LogP contribution < -0.4 is 0 Å². The van der Waals surface area contributed by atoms with Crippen LogP contribution in [0.2, 0.25) is 0 Å². The maximum atomic E-state index is 5.11. The van der Waals surface area contributed by atoms with E-state index in [9.17, 15) is 0 Å². The van der Waals surface area contributed by atoms with Gasteiger partial charge < -0.3 is 9.47 Å². The van der Waals surface area contributed by atoms with Gasteiger partial charge in [0, 0.05) is 0 Å². The van der Waals surface area contributed by atoms with Gasteiger partial charge in [0.2, 0.25) is 0 Å². The Bertz CT molecular complexity index is 139. The largest absolute Gasteiger partial charge is 0.373 e. The van der Waals surface area contributed by atoms with Crippen LogP contribution in [0.25, 0.3) is 0 Å². The normalized spacial score (nSPS) is 32.7. The molecule has 0 aliphatic carbocycles. The van der Waals surface area contributed by atoms with E-state index < -0.39 is 0 Å². The van der Waals surface area contributed by atoms with Crippen LogP contribution in [0.15, 0.2) is 12.2 Å². The van der Waals surface area contributed by atoms with Crippen LogP contribution in [0.4, 0.5) is 0 Å². The molecule has 0 aromatic rings. The third-order valence-electron chi connectivity index (χ3n) is 2.28. The Balaban J connectivity index is 1.41. The Morgan fingerprint density at radius 1 is 0.917 bits per heavy atom. The van der Waals surface area contributed by atoms with Gasteiger partial charge in [0.25, 0.3) is 0 Å². The SMILES string of the molecule is C(=C\CCC1CO1)/CCC1CO1. The van der Waals surface area contributed by atoms with E-state index in [-0.39, 0.29) is 0 Å². The summed E-state index contributed by atoms with van der Waals surface area (Å²) in [4.78, 5) is 0. The molecule has 2 aliphatic rings. The fourth-order valence-corrected chi connectivity index (χ4v) is 1.27. The molecule has 0 bridgehead atoms. The molecular formula is C10H16O2. The highest BCUT2D eigenvalue weighted by molar-refractivity contribution is 4.86. The summed E-state index contributed by atoms with van der Waals surface area (Å²) in [5.41, 5.74) is 0. The number of hydrogen-bond acceptors (Lipinski definition) is 2. The second-order valence-electron chi connectivity index (χ2n) is 3.54. The van der Waals surface area contributed by atoms with Gasteiger partial charge >= 0.3 is 0 Å². The lowest BCUT2D eigenvalue weighted by molar-refractivity contribution is 0.396. The second-order valence-corrected chi connectivity index (χ2v) is 3.54. The maximum Gasteiger partial charge on any atom is 0.0812 e. The Morgan fingerprint density at radius 2 is 1.33 bits per heavy atom. The molecule has 0 saturated carbocycles. The Hall–Kier alpha value is -0.340. The molecule has 68 valence electrons. The molecule has 2 rings (SSSR count). The molecule has 2 saturated heterocycles. The second kappa shape index (κ2) is 4.06. The zero-order chi connectivity index (χ0) is 8.23. The smallest absolute Gasteiger partial charge is 0.0812 e. The van der Waals surface area contributed by atoms with Crippen molar-refractivity contribution in [2.75, 3.05) is 13.2 Å². The standard InChI is InChI=1S/C10H16O2/c1(3-5-9-7-11-9)2-4-6-10-8-12-10/h1-2,9-10H,3-8H2/b2-1+. The van der Waals surface area contributed by atoms with Gasteiger partial charge in [0.05, 0.1) is 25.4 Å². The number of ether oxygens (including phenoxy) is 2. The molecule has 2 aliphatic heterocycles. The van der Waals surface area contributed by atoms with E-state index in [4.69, 9.17) is 9.47 Å². The minimum atomic E-state index is 0.585. The van der Waals surface area contributed by atoms with Crippen molar-refractivity contribution in [2.24, 2.45) is 0 Å². The lowest BCUT2D eigenvalue weighted by Gasteiger charge is -1.89. The van der Waals surface area contributed by atoms with E-state index in [1.807, 2.05) is 0 Å². The molecule has 0 N–H and O–H groups in total. The van der Waals surface area contributed by atoms with Crippen LogP contribution in [0.3, 0.4) is 0 Å². The van der Waals surface area contributed by atoms with Crippen LogP contribution in [-0.4, -0.2) is 25.4 Å². The van der Waals surface area contributed by atoms with Crippen molar-refractivity contribution in [3.05, 3.63) is 12.2 Å². The van der Waals surface area contributed by atoms with E-state index >= 15 is 0 Å². The first kappa shape index (κ1) is 8.27. The maximum absolute atomic E-state index is 5.11. The van der Waals surface area contributed by atoms with Crippen LogP contribution in [0.5, 0.6) is 0 Å². The number of allylic oxidation sites excluding steroid dienone is 2. The lowest BCUT2D eigenvalue weighted by atomic mass is 10.2. The van der Waals surface area contributed by atoms with Gasteiger partial charge in [0.15, 0.2) is 0 Å². The predicted octanol–water partition coefficient (Wildman–Crippen LogP) is 1.90. The Labute approximate surface area is 73.5 Å². The van der Waals surface area contributed by atoms with Crippen LogP contribution in [-0.2, 0) is 9.47 Å². The summed E-state index contributed by atoms with van der Waals surface area (Å²) in [7, 11) is 0. The quantitative estimate of drug-likeness (QED) is 0.447. The van der Waals surface area contributed by atoms with Crippen molar-refractivity contribution >= 4 is 0 Å². The molecule has 0 aromatic heterocycles. The molecule has 0 spiro atoms. The van der Waals surface area contributed by atoms with E-state index in [1.165, 1.54) is 25.7 Å². The van der Waals surface area contributed by atoms with E-state index in [2.05, 4.69) is 12.2 Å². The molecule has 2 heterocycles. The van der Waals surface area contributed by atoms with E-state index in [0.29, 0.717) is 12.2 Å². The third-order valence-corrected chi connectivity index (χ3v) is 2.28. The van der Waals surface area contributed by atoms with Crippen LogP contribution in [0.1, 0.15) is 25.7 Å². The molecule has 0 radical (unpaired) electrons. The molecule has 0 aromatic carbocycles. The highest BCUT2D eigenvalue weighted by atomic mass is 16.6. The fourth-order valence-electron chi connectivity index (χ4n) is 1.27. The van der Waals surface area contributed by atoms with E-state index in [1.54, 1.807) is 0 Å². The summed E-state index contributed by atoms with van der Waals surface area (Å²) >= 11 is 0. The average Bonchev–Trinajstić information content (AvgIpc) is 2.89. The van der Waals surface area contributed by atoms with Crippen molar-refractivity contribution in [1.82, 2.24) is 0 Å². The van der Waals surface area contributed by atoms with Crippen LogP contribution >= 0.6 is 0 Å². The first-order valence-electron chi connectivity index (χ1n) is 4.83. The molecule has 12 heavy (non-hydrogen) atoms. The first-order valence-corrected chi connectivity index (χ1v) is 4.83. The fraction of sp³-hybridized carbons (Fsp3) is 0.800. The van der Waals surface area contributed by atoms with Gasteiger partial charge in [-0.25, -0.2) is 0 Å². The molecule has 2 nitrogen and oxygen atoms in total. The topological polar surface area (TPSA) is 25.1 Å². The minimum Gasteiger partial charge on any atom is -0.373 e. The first-order chi connectivity index (χ1) is 5.95. The molecule has 0 amide bonds. The Kier molecular flexibility index (Phi) is 2.79. The van der Waals surface area contributed by atoms with Crippen molar-refractivity contribution < 1.29 is 9.47 Å². The number of epoxide rings is 2. The number of hydrogen-bond donors (Lipinski definition) is 0. The third kappa shape index (κ3) is 3.37. The van der Waals surface area contributed by atoms with Crippen molar-refractivity contribution in [1.29, 1.82) is 0 Å². The average molecular weight is 168 g/mol. The molecule has 2 heteroatoms. The van der Waals surface area contributed by atoms with Gasteiger partial charge in [-0.05, 0) is 25.7 Å². The highest BCUT2D eigenvalue weighted by Crippen LogP contribution is 2.17. The van der Waals surface area contributed by atoms with Crippen molar-refractivity contribution in [2.45, 2.75) is 37.9 Å². The van der Waals surface area contributed by atoms with Gasteiger partial charge in [-0.15, -0.1) is 0 Å². The van der Waals surface area contributed by atoms with Gasteiger partial charge in [0.1, 0.15) is 0 Å². The van der Waals surface area contributed by atoms with Crippen molar-refractivity contribution in [3.63, 3.8) is 0 Å². The Morgan fingerprint density at radius 3 is 1.67 bits per heavy atom. The van der Waals surface area contributed by atoms with Crippen LogP contribution in [0, 0.1) is 0 Å². The summed E-state index contributed by atoms with van der Waals surface area (Å²) < 4.78 is 10.2. The molecular weight excluding hydrogens is 152 g/mol. The zero-order valence-electron chi connectivity index (χ0n) is 7.37. The van der Waals surface area contributed by atoms with Crippen molar-refractivity contribution in [3.8, 4) is 0 Å². The monoisotopic (exact) mass is 168 g/mol. The van der Waals surface area contributed by atoms with Gasteiger partial charge in [-0.3, -0.25) is 0 Å². The summed E-state index contributed by atoms with van der Waals surface area (Å²) in [6.07, 6.45) is 10.5. The summed E-state index contributed by atoms with van der Waals surface area (Å²) in [5.74, 6) is 0. The highest BCUT2D eigenvalue weighted by Gasteiger charge is 2.21. The van der Waals surface area contributed by atoms with Gasteiger partial charge in [-0.2, -0.15) is 0 Å². The summed E-state index contributed by atoms with van der Waals surface area (Å²) in [6.45, 7) is 1.98. The molecule has 2 atom stereocenters. The summed E-state index contributed by atoms with van der Waals surface area (Å²) in [6, 6.07) is 0. The molecule has 2 fully saturated rings. The predicted molar refractivity (Wildman–Crippen MR) is 47.1 cm³/mol. The zero-order valence-corrected chi connectivity index (χ0v) is 7.37. The molecule has 2 unspecified atom stereocenters. The van der Waals surface area contributed by atoms with E-state index in [0.717, 1.165) is 13.2 Å². The summed E-state index contributed by atoms with van der Waals surface area (Å²) in [5, 5.41) is 0. The minimum absolute atomic E-state index is 0.585. The van der Waals surface area contributed by atoms with Gasteiger partial charge in [-0.1, -0.05) is 12.2 Å².